The topological polar surface area (TPSA) is 42.9 Å². The lowest BCUT2D eigenvalue weighted by atomic mass is 9.87. The zero-order valence-electron chi connectivity index (χ0n) is 19.3. The molecule has 0 unspecified atom stereocenters. The molecule has 0 saturated carbocycles. The molecule has 4 aromatic rings. The summed E-state index contributed by atoms with van der Waals surface area (Å²) in [6.45, 7) is 8.66. The van der Waals surface area contributed by atoms with Crippen LogP contribution in [-0.4, -0.2) is 15.7 Å². The Morgan fingerprint density at radius 1 is 0.848 bits per heavy atom. The SMILES string of the molecule is CC(C)(C)c1ccc(Cn2c(=N)n(CCCOc3ccc(Cl)cc3)c3ccccc32)cc1.Cl. The number of hydrogen-bond acceptors (Lipinski definition) is 2. The summed E-state index contributed by atoms with van der Waals surface area (Å²) in [4.78, 5) is 0. The number of ether oxygens (including phenoxy) is 1. The summed E-state index contributed by atoms with van der Waals surface area (Å²) in [5.74, 6) is 0.812. The first kappa shape index (κ1) is 24.9. The Morgan fingerprint density at radius 3 is 2.06 bits per heavy atom. The fraction of sp³-hybridized carbons (Fsp3) is 0.296. The van der Waals surface area contributed by atoms with Crippen molar-refractivity contribution in [1.82, 2.24) is 9.13 Å². The maximum atomic E-state index is 8.86. The lowest BCUT2D eigenvalue weighted by molar-refractivity contribution is 0.301. The third-order valence-electron chi connectivity index (χ3n) is 5.74. The first-order valence-corrected chi connectivity index (χ1v) is 11.4. The fourth-order valence-corrected chi connectivity index (χ4v) is 4.04. The van der Waals surface area contributed by atoms with Crippen LogP contribution in [0.4, 0.5) is 0 Å². The number of fused-ring (bicyclic) bond motifs is 1. The Hall–Kier alpha value is -2.69. The summed E-state index contributed by atoms with van der Waals surface area (Å²) >= 11 is 5.93. The quantitative estimate of drug-likeness (QED) is 0.288. The summed E-state index contributed by atoms with van der Waals surface area (Å²) < 4.78 is 9.99. The molecule has 0 spiro atoms. The number of aryl methyl sites for hydroxylation is 1. The zero-order valence-corrected chi connectivity index (χ0v) is 20.9. The van der Waals surface area contributed by atoms with Gasteiger partial charge in [-0.1, -0.05) is 68.8 Å². The van der Waals surface area contributed by atoms with Crippen LogP contribution in [0.3, 0.4) is 0 Å². The van der Waals surface area contributed by atoms with Gasteiger partial charge in [-0.25, -0.2) is 0 Å². The van der Waals surface area contributed by atoms with Gasteiger partial charge in [-0.15, -0.1) is 12.4 Å². The van der Waals surface area contributed by atoms with E-state index in [2.05, 4.69) is 66.3 Å². The van der Waals surface area contributed by atoms with Crippen LogP contribution in [0, 0.1) is 5.41 Å². The molecule has 0 aliphatic carbocycles. The lowest BCUT2D eigenvalue weighted by Gasteiger charge is -2.19. The van der Waals surface area contributed by atoms with Crippen LogP contribution in [-0.2, 0) is 18.5 Å². The van der Waals surface area contributed by atoms with Crippen molar-refractivity contribution in [3.8, 4) is 5.75 Å². The van der Waals surface area contributed by atoms with Gasteiger partial charge < -0.3 is 13.9 Å². The molecule has 0 aliphatic heterocycles. The van der Waals surface area contributed by atoms with Gasteiger partial charge in [0.1, 0.15) is 5.75 Å². The number of hydrogen-bond donors (Lipinski definition) is 1. The van der Waals surface area contributed by atoms with E-state index in [0.717, 1.165) is 29.7 Å². The van der Waals surface area contributed by atoms with Gasteiger partial charge in [0.25, 0.3) is 0 Å². The van der Waals surface area contributed by atoms with E-state index >= 15 is 0 Å². The van der Waals surface area contributed by atoms with Crippen LogP contribution in [0.5, 0.6) is 5.75 Å². The molecule has 0 fully saturated rings. The van der Waals surface area contributed by atoms with Gasteiger partial charge in [-0.3, -0.25) is 5.41 Å². The number of para-hydroxylation sites is 2. The Kier molecular flexibility index (Phi) is 7.93. The second-order valence-electron chi connectivity index (χ2n) is 9.15. The molecule has 174 valence electrons. The maximum absolute atomic E-state index is 8.86. The highest BCUT2D eigenvalue weighted by atomic mass is 35.5. The van der Waals surface area contributed by atoms with Crippen LogP contribution < -0.4 is 10.4 Å². The average molecular weight is 484 g/mol. The molecule has 4 nitrogen and oxygen atoms in total. The zero-order chi connectivity index (χ0) is 22.7. The van der Waals surface area contributed by atoms with E-state index in [1.807, 2.05) is 36.4 Å². The highest BCUT2D eigenvalue weighted by Gasteiger charge is 2.14. The number of aromatic nitrogens is 2. The summed E-state index contributed by atoms with van der Waals surface area (Å²) in [7, 11) is 0. The summed E-state index contributed by atoms with van der Waals surface area (Å²) in [5, 5.41) is 9.56. The lowest BCUT2D eigenvalue weighted by Crippen LogP contribution is -2.25. The summed E-state index contributed by atoms with van der Waals surface area (Å²) in [6, 6.07) is 24.4. The van der Waals surface area contributed by atoms with E-state index in [1.54, 1.807) is 0 Å². The molecule has 1 aromatic heterocycles. The Bertz CT molecular complexity index is 1250. The van der Waals surface area contributed by atoms with Crippen LogP contribution in [0.25, 0.3) is 11.0 Å². The molecule has 6 heteroatoms. The van der Waals surface area contributed by atoms with Gasteiger partial charge in [-0.2, -0.15) is 0 Å². The molecule has 1 N–H and O–H groups in total. The van der Waals surface area contributed by atoms with Crippen molar-refractivity contribution in [2.24, 2.45) is 0 Å². The normalized spacial score (nSPS) is 11.4. The van der Waals surface area contributed by atoms with Gasteiger partial charge in [0.15, 0.2) is 0 Å². The van der Waals surface area contributed by atoms with E-state index in [1.165, 1.54) is 11.1 Å². The smallest absolute Gasteiger partial charge is 0.203 e. The number of nitrogens with one attached hydrogen (secondary N) is 1. The van der Waals surface area contributed by atoms with E-state index in [-0.39, 0.29) is 17.8 Å². The standard InChI is InChI=1S/C27H30ClN3O.ClH/c1-27(2,3)21-11-9-20(10-12-21)19-31-25-8-5-4-7-24(25)30(26(31)29)17-6-18-32-23-15-13-22(28)14-16-23;/h4-5,7-16,29H,6,17-19H2,1-3H3;1H. The molecule has 0 aliphatic rings. The fourth-order valence-electron chi connectivity index (χ4n) is 3.92. The molecule has 0 bridgehead atoms. The van der Waals surface area contributed by atoms with Crippen molar-refractivity contribution in [1.29, 1.82) is 5.41 Å². The average Bonchev–Trinajstić information content (AvgIpc) is 3.03. The van der Waals surface area contributed by atoms with Crippen molar-refractivity contribution in [3.05, 3.63) is 94.6 Å². The predicted octanol–water partition coefficient (Wildman–Crippen LogP) is 6.81. The van der Waals surface area contributed by atoms with Gasteiger partial charge in [0.05, 0.1) is 24.2 Å². The molecule has 0 atom stereocenters. The second kappa shape index (κ2) is 10.5. The van der Waals surface area contributed by atoms with Crippen molar-refractivity contribution in [2.45, 2.75) is 45.7 Å². The number of rotatable bonds is 7. The number of nitrogens with zero attached hydrogens (tertiary/aromatic N) is 2. The van der Waals surface area contributed by atoms with Gasteiger partial charge >= 0.3 is 0 Å². The molecule has 0 amide bonds. The number of imidazole rings is 1. The van der Waals surface area contributed by atoms with E-state index in [0.29, 0.717) is 23.8 Å². The molecule has 0 saturated heterocycles. The minimum atomic E-state index is 0. The Balaban J connectivity index is 0.00000306. The van der Waals surface area contributed by atoms with Crippen LogP contribution in [0.15, 0.2) is 72.8 Å². The van der Waals surface area contributed by atoms with Crippen molar-refractivity contribution in [3.63, 3.8) is 0 Å². The van der Waals surface area contributed by atoms with Gasteiger partial charge in [-0.05, 0) is 59.4 Å². The van der Waals surface area contributed by atoms with Gasteiger partial charge in [0, 0.05) is 11.6 Å². The largest absolute Gasteiger partial charge is 0.494 e. The van der Waals surface area contributed by atoms with E-state index in [4.69, 9.17) is 21.7 Å². The van der Waals surface area contributed by atoms with Crippen molar-refractivity contribution in [2.75, 3.05) is 6.61 Å². The predicted molar refractivity (Wildman–Crippen MR) is 139 cm³/mol. The Morgan fingerprint density at radius 2 is 1.45 bits per heavy atom. The van der Waals surface area contributed by atoms with Gasteiger partial charge in [0.2, 0.25) is 5.62 Å². The van der Waals surface area contributed by atoms with Crippen molar-refractivity contribution >= 4 is 35.0 Å². The summed E-state index contributed by atoms with van der Waals surface area (Å²) in [6.07, 6.45) is 0.813. The second-order valence-corrected chi connectivity index (χ2v) is 9.59. The number of benzene rings is 3. The first-order valence-electron chi connectivity index (χ1n) is 11.0. The first-order chi connectivity index (χ1) is 15.3. The molecule has 3 aromatic carbocycles. The van der Waals surface area contributed by atoms with Crippen LogP contribution in [0.1, 0.15) is 38.3 Å². The highest BCUT2D eigenvalue weighted by Crippen LogP contribution is 2.23. The summed E-state index contributed by atoms with van der Waals surface area (Å²) in [5.41, 5.74) is 5.32. The van der Waals surface area contributed by atoms with Crippen LogP contribution in [0.2, 0.25) is 5.02 Å². The van der Waals surface area contributed by atoms with E-state index in [9.17, 15) is 0 Å². The maximum Gasteiger partial charge on any atom is 0.203 e. The van der Waals surface area contributed by atoms with E-state index < -0.39 is 0 Å². The molecule has 1 heterocycles. The Labute approximate surface area is 206 Å². The van der Waals surface area contributed by atoms with Crippen molar-refractivity contribution < 1.29 is 4.74 Å². The molecule has 33 heavy (non-hydrogen) atoms. The third-order valence-corrected chi connectivity index (χ3v) is 6.00. The minimum Gasteiger partial charge on any atom is -0.494 e. The highest BCUT2D eigenvalue weighted by molar-refractivity contribution is 6.30. The molecule has 4 rings (SSSR count). The molecular weight excluding hydrogens is 453 g/mol. The molecular formula is C27H31Cl2N3O. The molecule has 0 radical (unpaired) electrons. The number of halogens is 2. The third kappa shape index (κ3) is 5.82. The van der Waals surface area contributed by atoms with Crippen LogP contribution >= 0.6 is 24.0 Å². The minimum absolute atomic E-state index is 0. The monoisotopic (exact) mass is 483 g/mol.